The highest BCUT2D eigenvalue weighted by Gasteiger charge is 2.45. The summed E-state index contributed by atoms with van der Waals surface area (Å²) in [6, 6.07) is 9.43. The van der Waals surface area contributed by atoms with Crippen molar-refractivity contribution < 1.29 is 0 Å². The normalized spacial score (nSPS) is 36.3. The molecule has 21 heavy (non-hydrogen) atoms. The fourth-order valence-electron chi connectivity index (χ4n) is 4.24. The Labute approximate surface area is 131 Å². The number of rotatable bonds is 3. The quantitative estimate of drug-likeness (QED) is 0.870. The van der Waals surface area contributed by atoms with E-state index in [1.165, 1.54) is 30.5 Å². The Bertz CT molecular complexity index is 552. The van der Waals surface area contributed by atoms with Crippen LogP contribution in [0, 0.1) is 11.8 Å². The minimum absolute atomic E-state index is 0.608. The number of nitrogens with one attached hydrogen (secondary N) is 1. The largest absolute Gasteiger partial charge is 0.381 e. The molecule has 1 nitrogen and oxygen atoms in total. The second kappa shape index (κ2) is 5.57. The molecule has 1 N–H and O–H groups in total. The van der Waals surface area contributed by atoms with Crippen LogP contribution in [0.2, 0.25) is 0 Å². The Hall–Kier alpha value is -1.15. The van der Waals surface area contributed by atoms with Gasteiger partial charge in [-0.25, -0.2) is 0 Å². The standard InChI is InChI=1S/C19H23NS/c1-2-7-15-14-9-4-6-11-18(14)21-19(15)17-12-13-8-3-5-10-16(13)20-17/h3-6,8-11,14-15,17-20H,2,7,12H2,1H3. The zero-order valence-corrected chi connectivity index (χ0v) is 13.4. The molecule has 5 unspecified atom stereocenters. The van der Waals surface area contributed by atoms with Gasteiger partial charge in [0.15, 0.2) is 0 Å². The van der Waals surface area contributed by atoms with Crippen molar-refractivity contribution in [3.8, 4) is 0 Å². The number of hydrogen-bond donors (Lipinski definition) is 1. The lowest BCUT2D eigenvalue weighted by molar-refractivity contribution is 0.365. The third kappa shape index (κ3) is 2.34. The van der Waals surface area contributed by atoms with E-state index in [0.717, 1.165) is 17.1 Å². The van der Waals surface area contributed by atoms with Gasteiger partial charge in [0.05, 0.1) is 0 Å². The van der Waals surface area contributed by atoms with Gasteiger partial charge in [-0.3, -0.25) is 0 Å². The summed E-state index contributed by atoms with van der Waals surface area (Å²) in [5.74, 6) is 1.56. The summed E-state index contributed by atoms with van der Waals surface area (Å²) in [6.45, 7) is 2.33. The monoisotopic (exact) mass is 297 g/mol. The van der Waals surface area contributed by atoms with Gasteiger partial charge in [0.2, 0.25) is 0 Å². The predicted molar refractivity (Wildman–Crippen MR) is 92.9 cm³/mol. The van der Waals surface area contributed by atoms with Crippen molar-refractivity contribution in [3.05, 3.63) is 54.1 Å². The number of fused-ring (bicyclic) bond motifs is 2. The molecule has 0 bridgehead atoms. The number of thioether (sulfide) groups is 1. The number of allylic oxidation sites excluding steroid dienone is 3. The molecule has 1 aromatic carbocycles. The summed E-state index contributed by atoms with van der Waals surface area (Å²) >= 11 is 2.21. The topological polar surface area (TPSA) is 12.0 Å². The first kappa shape index (κ1) is 13.5. The highest BCUT2D eigenvalue weighted by Crippen LogP contribution is 2.50. The van der Waals surface area contributed by atoms with E-state index in [0.29, 0.717) is 11.3 Å². The van der Waals surface area contributed by atoms with Crippen molar-refractivity contribution in [3.63, 3.8) is 0 Å². The van der Waals surface area contributed by atoms with Crippen LogP contribution >= 0.6 is 11.8 Å². The van der Waals surface area contributed by atoms with Gasteiger partial charge in [0, 0.05) is 22.2 Å². The summed E-state index contributed by atoms with van der Waals surface area (Å²) in [7, 11) is 0. The van der Waals surface area contributed by atoms with Gasteiger partial charge >= 0.3 is 0 Å². The SMILES string of the molecule is CCCC1C2C=CC=CC2SC1C1Cc2ccccc2N1. The van der Waals surface area contributed by atoms with Gasteiger partial charge in [-0.2, -0.15) is 0 Å². The number of para-hydroxylation sites is 1. The van der Waals surface area contributed by atoms with Crippen molar-refractivity contribution in [1.29, 1.82) is 0 Å². The average Bonchev–Trinajstić information content (AvgIpc) is 3.09. The molecule has 2 aliphatic heterocycles. The zero-order valence-electron chi connectivity index (χ0n) is 12.5. The molecule has 4 rings (SSSR count). The molecule has 1 saturated heterocycles. The highest BCUT2D eigenvalue weighted by molar-refractivity contribution is 8.01. The molecular weight excluding hydrogens is 274 g/mol. The Morgan fingerprint density at radius 1 is 1.19 bits per heavy atom. The van der Waals surface area contributed by atoms with Crippen LogP contribution in [0.25, 0.3) is 0 Å². The van der Waals surface area contributed by atoms with Crippen LogP contribution in [0.3, 0.4) is 0 Å². The fraction of sp³-hybridized carbons (Fsp3) is 0.474. The van der Waals surface area contributed by atoms with E-state index < -0.39 is 0 Å². The van der Waals surface area contributed by atoms with Gasteiger partial charge in [-0.05, 0) is 36.3 Å². The van der Waals surface area contributed by atoms with Crippen LogP contribution in [-0.4, -0.2) is 16.5 Å². The van der Waals surface area contributed by atoms with Gasteiger partial charge in [0.1, 0.15) is 0 Å². The number of benzene rings is 1. The molecule has 110 valence electrons. The second-order valence-electron chi connectivity index (χ2n) is 6.48. The minimum Gasteiger partial charge on any atom is -0.381 e. The van der Waals surface area contributed by atoms with E-state index in [1.807, 2.05) is 0 Å². The predicted octanol–water partition coefficient (Wildman–Crippen LogP) is 4.67. The van der Waals surface area contributed by atoms with Crippen LogP contribution < -0.4 is 5.32 Å². The van der Waals surface area contributed by atoms with E-state index in [9.17, 15) is 0 Å². The number of anilines is 1. The van der Waals surface area contributed by atoms with Gasteiger partial charge < -0.3 is 5.32 Å². The lowest BCUT2D eigenvalue weighted by Crippen LogP contribution is -2.34. The molecule has 3 aliphatic rings. The van der Waals surface area contributed by atoms with Crippen LogP contribution in [0.5, 0.6) is 0 Å². The van der Waals surface area contributed by atoms with Crippen molar-refractivity contribution in [2.45, 2.75) is 42.7 Å². The molecule has 0 saturated carbocycles. The summed E-state index contributed by atoms with van der Waals surface area (Å²) in [4.78, 5) is 0. The lowest BCUT2D eigenvalue weighted by Gasteiger charge is -2.27. The molecule has 0 spiro atoms. The maximum absolute atomic E-state index is 3.81. The zero-order chi connectivity index (χ0) is 14.2. The Morgan fingerprint density at radius 3 is 2.90 bits per heavy atom. The molecule has 1 fully saturated rings. The molecule has 0 aromatic heterocycles. The summed E-state index contributed by atoms with van der Waals surface area (Å²) in [5.41, 5.74) is 2.86. The second-order valence-corrected chi connectivity index (χ2v) is 7.84. The molecule has 2 heterocycles. The first-order valence-corrected chi connectivity index (χ1v) is 9.16. The average molecular weight is 297 g/mol. The lowest BCUT2D eigenvalue weighted by atomic mass is 9.80. The molecular formula is C19H23NS. The van der Waals surface area contributed by atoms with Gasteiger partial charge in [-0.1, -0.05) is 55.8 Å². The fourth-order valence-corrected chi connectivity index (χ4v) is 6.13. The maximum Gasteiger partial charge on any atom is 0.0424 e. The third-order valence-electron chi connectivity index (χ3n) is 5.17. The van der Waals surface area contributed by atoms with E-state index in [-0.39, 0.29) is 0 Å². The molecule has 5 atom stereocenters. The van der Waals surface area contributed by atoms with Crippen molar-refractivity contribution in [2.24, 2.45) is 11.8 Å². The van der Waals surface area contributed by atoms with E-state index in [2.05, 4.69) is 72.6 Å². The van der Waals surface area contributed by atoms with Gasteiger partial charge in [-0.15, -0.1) is 11.8 Å². The summed E-state index contributed by atoms with van der Waals surface area (Å²) < 4.78 is 0. The van der Waals surface area contributed by atoms with Crippen molar-refractivity contribution in [2.75, 3.05) is 5.32 Å². The minimum atomic E-state index is 0.608. The van der Waals surface area contributed by atoms with Crippen LogP contribution in [0.1, 0.15) is 25.3 Å². The van der Waals surface area contributed by atoms with Crippen molar-refractivity contribution in [1.82, 2.24) is 0 Å². The molecule has 0 radical (unpaired) electrons. The van der Waals surface area contributed by atoms with Crippen LogP contribution in [0.4, 0.5) is 5.69 Å². The van der Waals surface area contributed by atoms with Crippen LogP contribution in [0.15, 0.2) is 48.6 Å². The maximum atomic E-state index is 3.81. The Kier molecular flexibility index (Phi) is 3.58. The van der Waals surface area contributed by atoms with Gasteiger partial charge in [0.25, 0.3) is 0 Å². The summed E-state index contributed by atoms with van der Waals surface area (Å²) in [5, 5.41) is 5.24. The van der Waals surface area contributed by atoms with Crippen LogP contribution in [-0.2, 0) is 6.42 Å². The smallest absolute Gasteiger partial charge is 0.0424 e. The highest BCUT2D eigenvalue weighted by atomic mass is 32.2. The molecule has 1 aromatic rings. The number of hydrogen-bond acceptors (Lipinski definition) is 2. The Morgan fingerprint density at radius 2 is 2.05 bits per heavy atom. The molecule has 2 heteroatoms. The first-order valence-electron chi connectivity index (χ1n) is 8.21. The molecule has 0 amide bonds. The van der Waals surface area contributed by atoms with E-state index in [4.69, 9.17) is 0 Å². The third-order valence-corrected chi connectivity index (χ3v) is 6.95. The van der Waals surface area contributed by atoms with Crippen molar-refractivity contribution >= 4 is 17.4 Å². The summed E-state index contributed by atoms with van der Waals surface area (Å²) in [6.07, 6.45) is 13.2. The van der Waals surface area contributed by atoms with E-state index >= 15 is 0 Å². The van der Waals surface area contributed by atoms with E-state index in [1.54, 1.807) is 0 Å². The molecule has 1 aliphatic carbocycles. The first-order chi connectivity index (χ1) is 10.4. The Balaban J connectivity index is 1.57.